The average Bonchev–Trinajstić information content (AvgIpc) is 2.18. The topological polar surface area (TPSA) is 43.4 Å². The van der Waals surface area contributed by atoms with Crippen molar-refractivity contribution in [2.75, 3.05) is 18.6 Å². The van der Waals surface area contributed by atoms with Gasteiger partial charge < -0.3 is 4.74 Å². The van der Waals surface area contributed by atoms with E-state index < -0.39 is 15.2 Å². The van der Waals surface area contributed by atoms with Crippen molar-refractivity contribution in [2.45, 2.75) is 12.3 Å². The molecule has 0 aliphatic carbocycles. The highest BCUT2D eigenvalue weighted by Gasteiger charge is 2.19. The van der Waals surface area contributed by atoms with Crippen LogP contribution in [0.4, 0.5) is 0 Å². The summed E-state index contributed by atoms with van der Waals surface area (Å²) in [5, 5.41) is -0.607. The molecule has 0 amide bonds. The second-order valence-corrected chi connectivity index (χ2v) is 7.30. The molecule has 0 bridgehead atoms. The molecule has 0 N–H and O–H groups in total. The average molecular weight is 342 g/mol. The Morgan fingerprint density at radius 1 is 1.47 bits per heavy atom. The molecule has 0 aromatic heterocycles. The zero-order valence-corrected chi connectivity index (χ0v) is 12.8. The Hall–Kier alpha value is -0.260. The Kier molecular flexibility index (Phi) is 5.28. The molecule has 17 heavy (non-hydrogen) atoms. The lowest BCUT2D eigenvalue weighted by molar-refractivity contribution is 0.336. The summed E-state index contributed by atoms with van der Waals surface area (Å²) in [6, 6.07) is 5.40. The third-order valence-electron chi connectivity index (χ3n) is 2.06. The summed E-state index contributed by atoms with van der Waals surface area (Å²) in [7, 11) is -3.12. The molecule has 1 unspecified atom stereocenters. The molecule has 0 fully saturated rings. The maximum Gasteiger partial charge on any atom is 0.149 e. The minimum atomic E-state index is -3.12. The zero-order valence-electron chi connectivity index (χ0n) is 9.61. The molecular formula is C11H14BrClO3S. The van der Waals surface area contributed by atoms with Crippen molar-refractivity contribution in [1.82, 2.24) is 0 Å². The number of benzene rings is 1. The van der Waals surface area contributed by atoms with Crippen LogP contribution in [0.15, 0.2) is 22.7 Å². The van der Waals surface area contributed by atoms with Gasteiger partial charge in [0, 0.05) is 16.3 Å². The van der Waals surface area contributed by atoms with Crippen LogP contribution in [0.5, 0.6) is 5.75 Å². The van der Waals surface area contributed by atoms with Crippen molar-refractivity contribution in [2.24, 2.45) is 0 Å². The van der Waals surface area contributed by atoms with Gasteiger partial charge in [-0.1, -0.05) is 15.9 Å². The quantitative estimate of drug-likeness (QED) is 0.773. The number of rotatable bonds is 5. The smallest absolute Gasteiger partial charge is 0.149 e. The van der Waals surface area contributed by atoms with Gasteiger partial charge in [-0.3, -0.25) is 0 Å². The van der Waals surface area contributed by atoms with Gasteiger partial charge in [-0.25, -0.2) is 8.42 Å². The van der Waals surface area contributed by atoms with E-state index in [1.54, 1.807) is 12.1 Å². The van der Waals surface area contributed by atoms with Crippen LogP contribution in [0.25, 0.3) is 0 Å². The van der Waals surface area contributed by atoms with E-state index in [0.29, 0.717) is 17.9 Å². The summed E-state index contributed by atoms with van der Waals surface area (Å²) in [5.41, 5.74) is 0.688. The van der Waals surface area contributed by atoms with Gasteiger partial charge >= 0.3 is 0 Å². The van der Waals surface area contributed by atoms with Crippen LogP contribution in [0.3, 0.4) is 0 Å². The van der Waals surface area contributed by atoms with Gasteiger partial charge in [-0.2, -0.15) is 0 Å². The van der Waals surface area contributed by atoms with Gasteiger partial charge in [0.05, 0.1) is 17.7 Å². The monoisotopic (exact) mass is 340 g/mol. The number of sulfone groups is 1. The van der Waals surface area contributed by atoms with Crippen LogP contribution in [-0.4, -0.2) is 27.0 Å². The first-order valence-corrected chi connectivity index (χ1v) is 8.36. The lowest BCUT2D eigenvalue weighted by atomic mass is 10.1. The molecule has 1 aromatic carbocycles. The van der Waals surface area contributed by atoms with E-state index in [1.807, 2.05) is 13.0 Å². The van der Waals surface area contributed by atoms with Crippen molar-refractivity contribution < 1.29 is 13.2 Å². The third kappa shape index (κ3) is 4.85. The van der Waals surface area contributed by atoms with Gasteiger partial charge in [0.15, 0.2) is 0 Å². The Morgan fingerprint density at radius 2 is 2.12 bits per heavy atom. The standard InChI is InChI=1S/C11H14BrClO3S/c1-3-16-11-5-4-8(12)6-9(11)10(13)7-17(2,14)15/h4-6,10H,3,7H2,1-2H3. The van der Waals surface area contributed by atoms with E-state index in [0.717, 1.165) is 4.47 Å². The lowest BCUT2D eigenvalue weighted by Crippen LogP contribution is -2.10. The van der Waals surface area contributed by atoms with E-state index in [-0.39, 0.29) is 5.75 Å². The molecule has 3 nitrogen and oxygen atoms in total. The van der Waals surface area contributed by atoms with E-state index in [4.69, 9.17) is 16.3 Å². The third-order valence-corrected chi connectivity index (χ3v) is 4.06. The Bertz CT molecular complexity index is 487. The van der Waals surface area contributed by atoms with Gasteiger partial charge in [0.1, 0.15) is 15.6 Å². The maximum atomic E-state index is 11.2. The number of halogens is 2. The number of ether oxygens (including phenoxy) is 1. The molecule has 0 aliphatic heterocycles. The summed E-state index contributed by atoms with van der Waals surface area (Å²) in [5.74, 6) is 0.518. The Labute approximate surface area is 115 Å². The highest BCUT2D eigenvalue weighted by atomic mass is 79.9. The van der Waals surface area contributed by atoms with Crippen LogP contribution >= 0.6 is 27.5 Å². The fourth-order valence-electron chi connectivity index (χ4n) is 1.41. The van der Waals surface area contributed by atoms with Crippen molar-refractivity contribution in [3.05, 3.63) is 28.2 Å². The Balaban J connectivity index is 3.05. The summed E-state index contributed by atoms with van der Waals surface area (Å²) in [6.45, 7) is 2.38. The molecule has 0 radical (unpaired) electrons. The van der Waals surface area contributed by atoms with Crippen LogP contribution in [0.1, 0.15) is 17.9 Å². The molecule has 96 valence electrons. The first kappa shape index (κ1) is 14.8. The van der Waals surface area contributed by atoms with Gasteiger partial charge in [-0.15, -0.1) is 11.6 Å². The number of hydrogen-bond donors (Lipinski definition) is 0. The summed E-state index contributed by atoms with van der Waals surface area (Å²) in [6.07, 6.45) is 1.17. The molecule has 1 atom stereocenters. The molecule has 0 spiro atoms. The van der Waals surface area contributed by atoms with E-state index in [9.17, 15) is 8.42 Å². The van der Waals surface area contributed by atoms with E-state index in [2.05, 4.69) is 15.9 Å². The van der Waals surface area contributed by atoms with Crippen LogP contribution in [-0.2, 0) is 9.84 Å². The van der Waals surface area contributed by atoms with E-state index in [1.165, 1.54) is 6.26 Å². The summed E-state index contributed by atoms with van der Waals surface area (Å²) >= 11 is 9.46. The van der Waals surface area contributed by atoms with Crippen LogP contribution in [0, 0.1) is 0 Å². The van der Waals surface area contributed by atoms with Crippen molar-refractivity contribution in [3.8, 4) is 5.75 Å². The van der Waals surface area contributed by atoms with Gasteiger partial charge in [-0.05, 0) is 25.1 Å². The normalized spacial score (nSPS) is 13.4. The first-order chi connectivity index (χ1) is 7.83. The fraction of sp³-hybridized carbons (Fsp3) is 0.455. The van der Waals surface area contributed by atoms with Crippen LogP contribution < -0.4 is 4.74 Å². The van der Waals surface area contributed by atoms with Gasteiger partial charge in [0.25, 0.3) is 0 Å². The molecule has 0 heterocycles. The minimum absolute atomic E-state index is 0.106. The largest absolute Gasteiger partial charge is 0.494 e. The molecule has 1 aromatic rings. The van der Waals surface area contributed by atoms with Crippen LogP contribution in [0.2, 0.25) is 0 Å². The second-order valence-electron chi connectivity index (χ2n) is 3.68. The maximum absolute atomic E-state index is 11.2. The predicted octanol–water partition coefficient (Wildman–Crippen LogP) is 3.17. The summed E-state index contributed by atoms with van der Waals surface area (Å²) < 4.78 is 28.7. The number of alkyl halides is 1. The minimum Gasteiger partial charge on any atom is -0.494 e. The van der Waals surface area contributed by atoms with Crippen molar-refractivity contribution in [1.29, 1.82) is 0 Å². The number of hydrogen-bond acceptors (Lipinski definition) is 3. The molecule has 0 aliphatic rings. The van der Waals surface area contributed by atoms with Crippen molar-refractivity contribution >= 4 is 37.4 Å². The zero-order chi connectivity index (χ0) is 13.1. The highest BCUT2D eigenvalue weighted by molar-refractivity contribution is 9.10. The fourth-order valence-corrected chi connectivity index (χ4v) is 3.35. The summed E-state index contributed by atoms with van der Waals surface area (Å²) in [4.78, 5) is 0. The molecule has 0 saturated carbocycles. The molecular weight excluding hydrogens is 328 g/mol. The predicted molar refractivity (Wildman–Crippen MR) is 73.6 cm³/mol. The molecule has 1 rings (SSSR count). The second kappa shape index (κ2) is 6.07. The van der Waals surface area contributed by atoms with Gasteiger partial charge in [0.2, 0.25) is 0 Å². The SMILES string of the molecule is CCOc1ccc(Br)cc1C(Cl)CS(C)(=O)=O. The molecule has 6 heteroatoms. The van der Waals surface area contributed by atoms with Crippen molar-refractivity contribution in [3.63, 3.8) is 0 Å². The molecule has 0 saturated heterocycles. The first-order valence-electron chi connectivity index (χ1n) is 5.07. The highest BCUT2D eigenvalue weighted by Crippen LogP contribution is 2.33. The van der Waals surface area contributed by atoms with E-state index >= 15 is 0 Å². The lowest BCUT2D eigenvalue weighted by Gasteiger charge is -2.14. The Morgan fingerprint density at radius 3 is 2.65 bits per heavy atom.